The Labute approximate surface area is 96.6 Å². The molecule has 0 radical (unpaired) electrons. The molecule has 0 aliphatic carbocycles. The van der Waals surface area contributed by atoms with Crippen LogP contribution in [0.15, 0.2) is 15.9 Å². The van der Waals surface area contributed by atoms with Crippen LogP contribution >= 0.6 is 23.1 Å². The predicted octanol–water partition coefficient (Wildman–Crippen LogP) is 1.09. The van der Waals surface area contributed by atoms with E-state index < -0.39 is 0 Å². The monoisotopic (exact) mass is 244 g/mol. The van der Waals surface area contributed by atoms with Gasteiger partial charge in [-0.3, -0.25) is 9.78 Å². The fourth-order valence-corrected chi connectivity index (χ4v) is 2.82. The third kappa shape index (κ3) is 3.19. The average Bonchev–Trinajstić information content (AvgIpc) is 2.80. The largest absolute Gasteiger partial charge is 0.378 e. The number of rotatable bonds is 3. The lowest BCUT2D eigenvalue weighted by Gasteiger charge is -2.26. The number of thiazole rings is 1. The molecule has 82 valence electrons. The van der Waals surface area contributed by atoms with Crippen LogP contribution in [0.5, 0.6) is 0 Å². The topological polar surface area (TPSA) is 42.4 Å². The van der Waals surface area contributed by atoms with E-state index in [1.807, 2.05) is 4.90 Å². The van der Waals surface area contributed by atoms with Crippen LogP contribution in [0.2, 0.25) is 0 Å². The molecular weight excluding hydrogens is 232 g/mol. The Hall–Kier alpha value is -0.590. The molecule has 1 saturated heterocycles. The van der Waals surface area contributed by atoms with Crippen LogP contribution in [0, 0.1) is 0 Å². The molecule has 6 heteroatoms. The molecule has 1 aromatic heterocycles. The third-order valence-corrected chi connectivity index (χ3v) is 4.10. The highest BCUT2D eigenvalue weighted by atomic mass is 32.2. The normalized spacial score (nSPS) is 16.7. The highest BCUT2D eigenvalue weighted by Gasteiger charge is 2.16. The molecule has 0 atom stereocenters. The maximum absolute atomic E-state index is 11.7. The van der Waals surface area contributed by atoms with E-state index >= 15 is 0 Å². The second kappa shape index (κ2) is 5.48. The molecule has 1 aliphatic heterocycles. The molecule has 4 nitrogen and oxygen atoms in total. The van der Waals surface area contributed by atoms with Crippen molar-refractivity contribution in [3.8, 4) is 0 Å². The number of aromatic nitrogens is 1. The number of amides is 1. The van der Waals surface area contributed by atoms with E-state index in [0.29, 0.717) is 19.0 Å². The van der Waals surface area contributed by atoms with E-state index in [1.54, 1.807) is 34.8 Å². The fourth-order valence-electron chi connectivity index (χ4n) is 1.31. The summed E-state index contributed by atoms with van der Waals surface area (Å²) < 4.78 is 6.29. The fraction of sp³-hybridized carbons (Fsp3) is 0.556. The molecule has 1 aliphatic rings. The van der Waals surface area contributed by atoms with Crippen LogP contribution < -0.4 is 0 Å². The molecule has 1 fully saturated rings. The molecule has 0 saturated carbocycles. The van der Waals surface area contributed by atoms with E-state index in [2.05, 4.69) is 4.98 Å². The number of carbonyl (C=O) groups is 1. The van der Waals surface area contributed by atoms with Crippen LogP contribution in [0.1, 0.15) is 0 Å². The van der Waals surface area contributed by atoms with Crippen LogP contribution in [0.25, 0.3) is 0 Å². The Morgan fingerprint density at radius 1 is 1.60 bits per heavy atom. The van der Waals surface area contributed by atoms with Crippen molar-refractivity contribution < 1.29 is 9.53 Å². The maximum Gasteiger partial charge on any atom is 0.233 e. The van der Waals surface area contributed by atoms with Gasteiger partial charge in [-0.2, -0.15) is 0 Å². The number of thioether (sulfide) groups is 1. The Morgan fingerprint density at radius 2 is 2.40 bits per heavy atom. The van der Waals surface area contributed by atoms with Crippen molar-refractivity contribution in [2.45, 2.75) is 4.21 Å². The first-order chi connectivity index (χ1) is 7.36. The van der Waals surface area contributed by atoms with E-state index in [4.69, 9.17) is 4.74 Å². The molecule has 0 bridgehead atoms. The van der Waals surface area contributed by atoms with Gasteiger partial charge >= 0.3 is 0 Å². The number of hydrogen-bond donors (Lipinski definition) is 0. The number of nitrogens with zero attached hydrogens (tertiary/aromatic N) is 2. The quantitative estimate of drug-likeness (QED) is 0.747. The van der Waals surface area contributed by atoms with Gasteiger partial charge in [0.1, 0.15) is 0 Å². The van der Waals surface area contributed by atoms with Crippen molar-refractivity contribution in [2.24, 2.45) is 0 Å². The van der Waals surface area contributed by atoms with Crippen LogP contribution in [-0.2, 0) is 9.53 Å². The van der Waals surface area contributed by atoms with Gasteiger partial charge in [0.25, 0.3) is 0 Å². The highest BCUT2D eigenvalue weighted by molar-refractivity contribution is 8.01. The van der Waals surface area contributed by atoms with E-state index in [-0.39, 0.29) is 5.91 Å². The van der Waals surface area contributed by atoms with Crippen molar-refractivity contribution >= 4 is 29.0 Å². The SMILES string of the molecule is O=C(CSc1cncs1)N1CCOCC1. The van der Waals surface area contributed by atoms with E-state index in [0.717, 1.165) is 17.3 Å². The molecule has 0 spiro atoms. The lowest BCUT2D eigenvalue weighted by molar-refractivity contribution is -0.132. The van der Waals surface area contributed by atoms with Gasteiger partial charge < -0.3 is 9.64 Å². The molecule has 0 N–H and O–H groups in total. The summed E-state index contributed by atoms with van der Waals surface area (Å²) in [6, 6.07) is 0. The minimum Gasteiger partial charge on any atom is -0.378 e. The Balaban J connectivity index is 1.76. The van der Waals surface area contributed by atoms with Gasteiger partial charge in [-0.15, -0.1) is 23.1 Å². The summed E-state index contributed by atoms with van der Waals surface area (Å²) in [6.07, 6.45) is 1.79. The van der Waals surface area contributed by atoms with Crippen molar-refractivity contribution in [3.63, 3.8) is 0 Å². The first-order valence-corrected chi connectivity index (χ1v) is 6.59. The smallest absolute Gasteiger partial charge is 0.233 e. The standard InChI is InChI=1S/C9H12N2O2S2/c12-8(11-1-3-13-4-2-11)6-14-9-5-10-7-15-9/h5,7H,1-4,6H2. The average molecular weight is 244 g/mol. The van der Waals surface area contributed by atoms with Crippen molar-refractivity contribution in [1.82, 2.24) is 9.88 Å². The summed E-state index contributed by atoms with van der Waals surface area (Å²) in [5.74, 6) is 0.694. The zero-order valence-corrected chi connectivity index (χ0v) is 9.85. The van der Waals surface area contributed by atoms with E-state index in [1.165, 1.54) is 0 Å². The Bertz CT molecular complexity index is 310. The molecule has 15 heavy (non-hydrogen) atoms. The number of morpholine rings is 1. The third-order valence-electron chi connectivity index (χ3n) is 2.11. The first kappa shape index (κ1) is 10.9. The predicted molar refractivity (Wildman–Crippen MR) is 60.2 cm³/mol. The van der Waals surface area contributed by atoms with Crippen molar-refractivity contribution in [2.75, 3.05) is 32.1 Å². The summed E-state index contributed by atoms with van der Waals surface area (Å²) in [5, 5.41) is 0. The summed E-state index contributed by atoms with van der Waals surface area (Å²) in [6.45, 7) is 2.78. The van der Waals surface area contributed by atoms with Gasteiger partial charge in [-0.25, -0.2) is 0 Å². The van der Waals surface area contributed by atoms with Crippen LogP contribution in [0.4, 0.5) is 0 Å². The first-order valence-electron chi connectivity index (χ1n) is 4.73. The maximum atomic E-state index is 11.7. The molecule has 2 rings (SSSR count). The number of hydrogen-bond acceptors (Lipinski definition) is 5. The summed E-state index contributed by atoms with van der Waals surface area (Å²) in [7, 11) is 0. The minimum atomic E-state index is 0.191. The van der Waals surface area contributed by atoms with Crippen molar-refractivity contribution in [3.05, 3.63) is 11.7 Å². The van der Waals surface area contributed by atoms with Gasteiger partial charge in [0.05, 0.1) is 34.9 Å². The van der Waals surface area contributed by atoms with Gasteiger partial charge in [-0.1, -0.05) is 0 Å². The second-order valence-electron chi connectivity index (χ2n) is 3.10. The lowest BCUT2D eigenvalue weighted by Crippen LogP contribution is -2.41. The van der Waals surface area contributed by atoms with Crippen LogP contribution in [0.3, 0.4) is 0 Å². The van der Waals surface area contributed by atoms with E-state index in [9.17, 15) is 4.79 Å². The number of ether oxygens (including phenoxy) is 1. The second-order valence-corrected chi connectivity index (χ2v) is 5.26. The van der Waals surface area contributed by atoms with Gasteiger partial charge in [-0.05, 0) is 0 Å². The lowest BCUT2D eigenvalue weighted by atomic mass is 10.4. The minimum absolute atomic E-state index is 0.191. The highest BCUT2D eigenvalue weighted by Crippen LogP contribution is 2.21. The number of carbonyl (C=O) groups excluding carboxylic acids is 1. The molecule has 1 amide bonds. The Morgan fingerprint density at radius 3 is 3.07 bits per heavy atom. The molecule has 1 aromatic rings. The molecule has 0 unspecified atom stereocenters. The summed E-state index contributed by atoms with van der Waals surface area (Å²) in [4.78, 5) is 17.6. The van der Waals surface area contributed by atoms with Crippen molar-refractivity contribution in [1.29, 1.82) is 0 Å². The zero-order valence-electron chi connectivity index (χ0n) is 8.22. The summed E-state index contributed by atoms with van der Waals surface area (Å²) in [5.41, 5.74) is 1.78. The summed E-state index contributed by atoms with van der Waals surface area (Å²) >= 11 is 3.12. The van der Waals surface area contributed by atoms with Gasteiger partial charge in [0.15, 0.2) is 0 Å². The van der Waals surface area contributed by atoms with Gasteiger partial charge in [0, 0.05) is 13.1 Å². The molecule has 2 heterocycles. The van der Waals surface area contributed by atoms with Gasteiger partial charge in [0.2, 0.25) is 5.91 Å². The zero-order chi connectivity index (χ0) is 10.5. The molecule has 0 aromatic carbocycles. The Kier molecular flexibility index (Phi) is 3.99. The van der Waals surface area contributed by atoms with Crippen LogP contribution in [-0.4, -0.2) is 47.8 Å². The molecular formula is C9H12N2O2S2.